The summed E-state index contributed by atoms with van der Waals surface area (Å²) < 4.78 is 10.3. The first-order chi connectivity index (χ1) is 7.58. The first kappa shape index (κ1) is 10.6. The van der Waals surface area contributed by atoms with Gasteiger partial charge in [-0.15, -0.1) is 0 Å². The van der Waals surface area contributed by atoms with Gasteiger partial charge in [0.1, 0.15) is 0 Å². The Bertz CT molecular complexity index is 432. The average molecular weight is 223 g/mol. The molecule has 0 aromatic heterocycles. The third kappa shape index (κ3) is 1.87. The smallest absolute Gasteiger partial charge is 0.267 e. The van der Waals surface area contributed by atoms with Crippen molar-refractivity contribution in [3.63, 3.8) is 0 Å². The number of nitrogens with zero attached hydrogens (tertiary/aromatic N) is 1. The van der Waals surface area contributed by atoms with Crippen molar-refractivity contribution >= 4 is 11.6 Å². The molecule has 1 aromatic rings. The van der Waals surface area contributed by atoms with Gasteiger partial charge in [0, 0.05) is 25.8 Å². The first-order valence-corrected chi connectivity index (χ1v) is 4.75. The van der Waals surface area contributed by atoms with Crippen molar-refractivity contribution in [2.24, 2.45) is 0 Å². The summed E-state index contributed by atoms with van der Waals surface area (Å²) in [6.07, 6.45) is 0. The topological polar surface area (TPSA) is 76.8 Å². The Balaban J connectivity index is 2.31. The van der Waals surface area contributed by atoms with E-state index in [0.29, 0.717) is 22.7 Å². The highest BCUT2D eigenvalue weighted by atomic mass is 16.7. The number of amides is 1. The van der Waals surface area contributed by atoms with E-state index in [-0.39, 0.29) is 12.7 Å². The summed E-state index contributed by atoms with van der Waals surface area (Å²) in [5.41, 5.74) is 9.10. The Labute approximate surface area is 92.9 Å². The van der Waals surface area contributed by atoms with Gasteiger partial charge in [-0.3, -0.25) is 10.2 Å². The molecule has 3 N–H and O–H groups in total. The quantitative estimate of drug-likeness (QED) is 0.553. The van der Waals surface area contributed by atoms with Gasteiger partial charge >= 0.3 is 0 Å². The summed E-state index contributed by atoms with van der Waals surface area (Å²) in [5, 5.41) is 1.55. The van der Waals surface area contributed by atoms with Gasteiger partial charge < -0.3 is 15.2 Å². The number of hydrogen-bond acceptors (Lipinski definition) is 5. The fourth-order valence-electron chi connectivity index (χ4n) is 1.42. The molecule has 6 nitrogen and oxygen atoms in total. The molecule has 0 saturated heterocycles. The van der Waals surface area contributed by atoms with Crippen molar-refractivity contribution in [1.82, 2.24) is 10.4 Å². The van der Waals surface area contributed by atoms with Gasteiger partial charge in [-0.1, -0.05) is 0 Å². The van der Waals surface area contributed by atoms with Crippen LogP contribution in [0.15, 0.2) is 12.1 Å². The first-order valence-electron chi connectivity index (χ1n) is 4.75. The maximum atomic E-state index is 11.7. The molecule has 1 heterocycles. The number of rotatable bonds is 2. The second kappa shape index (κ2) is 3.90. The minimum absolute atomic E-state index is 0.160. The van der Waals surface area contributed by atoms with E-state index in [1.165, 1.54) is 0 Å². The number of hydrazine groups is 1. The number of ether oxygens (including phenoxy) is 2. The summed E-state index contributed by atoms with van der Waals surface area (Å²) >= 11 is 0. The monoisotopic (exact) mass is 223 g/mol. The van der Waals surface area contributed by atoms with Crippen LogP contribution in [0.5, 0.6) is 11.5 Å². The van der Waals surface area contributed by atoms with Crippen LogP contribution in [-0.2, 0) is 0 Å². The number of anilines is 1. The van der Waals surface area contributed by atoms with Crippen molar-refractivity contribution in [2.75, 3.05) is 26.6 Å². The van der Waals surface area contributed by atoms with E-state index in [2.05, 4.69) is 5.43 Å². The second-order valence-corrected chi connectivity index (χ2v) is 3.63. The molecule has 1 aliphatic heterocycles. The fraction of sp³-hybridized carbons (Fsp3) is 0.300. The van der Waals surface area contributed by atoms with Crippen molar-refractivity contribution in [3.8, 4) is 11.5 Å². The molecule has 2 rings (SSSR count). The van der Waals surface area contributed by atoms with Crippen LogP contribution < -0.4 is 20.6 Å². The number of nitrogens with two attached hydrogens (primary N) is 1. The molecule has 0 bridgehead atoms. The largest absolute Gasteiger partial charge is 0.454 e. The average Bonchev–Trinajstić information content (AvgIpc) is 2.61. The van der Waals surface area contributed by atoms with Gasteiger partial charge in [-0.2, -0.15) is 0 Å². The van der Waals surface area contributed by atoms with Crippen LogP contribution in [0.4, 0.5) is 5.69 Å². The highest BCUT2D eigenvalue weighted by Gasteiger charge is 2.19. The summed E-state index contributed by atoms with van der Waals surface area (Å²) in [7, 11) is 3.45. The molecular weight excluding hydrogens is 210 g/mol. The molecule has 0 spiro atoms. The van der Waals surface area contributed by atoms with Crippen LogP contribution in [0.2, 0.25) is 0 Å². The summed E-state index contributed by atoms with van der Waals surface area (Å²) in [5.74, 6) is 0.831. The Kier molecular flexibility index (Phi) is 2.57. The maximum absolute atomic E-state index is 11.7. The number of carbonyl (C=O) groups excluding carboxylic acids is 1. The molecule has 0 saturated carbocycles. The van der Waals surface area contributed by atoms with Crippen molar-refractivity contribution < 1.29 is 14.3 Å². The van der Waals surface area contributed by atoms with Gasteiger partial charge in [0.2, 0.25) is 6.79 Å². The minimum Gasteiger partial charge on any atom is -0.454 e. The zero-order valence-corrected chi connectivity index (χ0v) is 9.11. The Morgan fingerprint density at radius 2 is 2.00 bits per heavy atom. The number of fused-ring (bicyclic) bond motifs is 1. The lowest BCUT2D eigenvalue weighted by Crippen LogP contribution is -2.36. The molecule has 1 aliphatic rings. The zero-order chi connectivity index (χ0) is 11.7. The van der Waals surface area contributed by atoms with Gasteiger partial charge in [0.25, 0.3) is 5.91 Å². The predicted molar refractivity (Wildman–Crippen MR) is 58.1 cm³/mol. The van der Waals surface area contributed by atoms with E-state index < -0.39 is 0 Å². The van der Waals surface area contributed by atoms with Gasteiger partial charge in [-0.25, -0.2) is 5.01 Å². The number of benzene rings is 1. The predicted octanol–water partition coefficient (Wildman–Crippen LogP) is 0.204. The normalized spacial score (nSPS) is 12.9. The summed E-state index contributed by atoms with van der Waals surface area (Å²) in [6.45, 7) is 0.160. The summed E-state index contributed by atoms with van der Waals surface area (Å²) in [6, 6.07) is 3.17. The van der Waals surface area contributed by atoms with Gasteiger partial charge in [0.05, 0.1) is 5.56 Å². The lowest BCUT2D eigenvalue weighted by Gasteiger charge is -2.13. The third-order valence-corrected chi connectivity index (χ3v) is 2.11. The van der Waals surface area contributed by atoms with E-state index in [1.807, 2.05) is 0 Å². The molecule has 0 aliphatic carbocycles. The number of nitrogens with one attached hydrogen (secondary N) is 1. The van der Waals surface area contributed by atoms with E-state index in [1.54, 1.807) is 31.2 Å². The van der Waals surface area contributed by atoms with Crippen LogP contribution in [0.25, 0.3) is 0 Å². The van der Waals surface area contributed by atoms with E-state index >= 15 is 0 Å². The highest BCUT2D eigenvalue weighted by molar-refractivity contribution is 5.99. The van der Waals surface area contributed by atoms with Gasteiger partial charge in [-0.05, 0) is 6.07 Å². The van der Waals surface area contributed by atoms with Gasteiger partial charge in [0.15, 0.2) is 11.5 Å². The van der Waals surface area contributed by atoms with Crippen LogP contribution >= 0.6 is 0 Å². The SMILES string of the molecule is CN(C)NC(=O)c1cc2c(cc1N)OCO2. The molecule has 6 heteroatoms. The van der Waals surface area contributed by atoms with Crippen LogP contribution in [0, 0.1) is 0 Å². The number of hydrogen-bond donors (Lipinski definition) is 2. The molecular formula is C10H13N3O3. The van der Waals surface area contributed by atoms with Crippen molar-refractivity contribution in [3.05, 3.63) is 17.7 Å². The highest BCUT2D eigenvalue weighted by Crippen LogP contribution is 2.35. The van der Waals surface area contributed by atoms with Crippen molar-refractivity contribution in [2.45, 2.75) is 0 Å². The molecule has 0 atom stereocenters. The molecule has 86 valence electrons. The lowest BCUT2D eigenvalue weighted by molar-refractivity contribution is 0.0857. The van der Waals surface area contributed by atoms with E-state index in [4.69, 9.17) is 15.2 Å². The molecule has 16 heavy (non-hydrogen) atoms. The maximum Gasteiger partial charge on any atom is 0.267 e. The molecule has 1 amide bonds. The fourth-order valence-corrected chi connectivity index (χ4v) is 1.42. The Morgan fingerprint density at radius 3 is 2.62 bits per heavy atom. The zero-order valence-electron chi connectivity index (χ0n) is 9.11. The minimum atomic E-state index is -0.277. The standard InChI is InChI=1S/C10H13N3O3/c1-13(2)12-10(14)6-3-8-9(4-7(6)11)16-5-15-8/h3-4H,5,11H2,1-2H3,(H,12,14). The lowest BCUT2D eigenvalue weighted by atomic mass is 10.1. The van der Waals surface area contributed by atoms with Crippen molar-refractivity contribution in [1.29, 1.82) is 0 Å². The van der Waals surface area contributed by atoms with E-state index in [9.17, 15) is 4.79 Å². The Morgan fingerprint density at radius 1 is 1.38 bits per heavy atom. The number of carbonyl (C=O) groups is 1. The molecule has 0 unspecified atom stereocenters. The second-order valence-electron chi connectivity index (χ2n) is 3.63. The van der Waals surface area contributed by atoms with E-state index in [0.717, 1.165) is 0 Å². The number of nitrogen functional groups attached to an aromatic ring is 1. The third-order valence-electron chi connectivity index (χ3n) is 2.11. The molecule has 1 aromatic carbocycles. The van der Waals surface area contributed by atoms with Crippen LogP contribution in [-0.4, -0.2) is 31.8 Å². The van der Waals surface area contributed by atoms with Crippen LogP contribution in [0.3, 0.4) is 0 Å². The summed E-state index contributed by atoms with van der Waals surface area (Å²) in [4.78, 5) is 11.7. The van der Waals surface area contributed by atoms with Crippen LogP contribution in [0.1, 0.15) is 10.4 Å². The Hall–Kier alpha value is -1.95. The molecule has 0 radical (unpaired) electrons. The molecule has 0 fully saturated rings.